The summed E-state index contributed by atoms with van der Waals surface area (Å²) in [4.78, 5) is 36.9. The summed E-state index contributed by atoms with van der Waals surface area (Å²) >= 11 is 0. The zero-order valence-corrected chi connectivity index (χ0v) is 13.4. The van der Waals surface area contributed by atoms with E-state index in [-0.39, 0.29) is 30.4 Å². The maximum atomic E-state index is 12.6. The SMILES string of the molecule is C[C@@H]1CN(C(=O)c2ccc(NC(=O)C3CC3)cc2)CC(C(=O)O)O1. The Kier molecular flexibility index (Phi) is 4.53. The number of rotatable bonds is 4. The summed E-state index contributed by atoms with van der Waals surface area (Å²) in [7, 11) is 0. The molecule has 7 heteroatoms. The standard InChI is InChI=1S/C17H20N2O5/c1-10-8-19(9-14(24-10)17(22)23)16(21)12-4-6-13(7-5-12)18-15(20)11-2-3-11/h4-7,10-11,14H,2-3,8-9H2,1H3,(H,18,20)(H,22,23)/t10-,14?/m1/s1. The van der Waals surface area contributed by atoms with Gasteiger partial charge in [-0.05, 0) is 44.0 Å². The number of carbonyl (C=O) groups excluding carboxylic acids is 2. The van der Waals surface area contributed by atoms with E-state index in [1.54, 1.807) is 31.2 Å². The molecule has 1 saturated carbocycles. The number of ether oxygens (including phenoxy) is 1. The lowest BCUT2D eigenvalue weighted by molar-refractivity contribution is -0.160. The van der Waals surface area contributed by atoms with Crippen LogP contribution in [0.2, 0.25) is 0 Å². The Morgan fingerprint density at radius 1 is 1.17 bits per heavy atom. The van der Waals surface area contributed by atoms with Crippen molar-refractivity contribution in [1.82, 2.24) is 4.90 Å². The highest BCUT2D eigenvalue weighted by atomic mass is 16.5. The number of amides is 2. The molecule has 2 atom stereocenters. The van der Waals surface area contributed by atoms with E-state index in [1.807, 2.05) is 0 Å². The van der Waals surface area contributed by atoms with Gasteiger partial charge in [0.1, 0.15) is 0 Å². The van der Waals surface area contributed by atoms with Crippen LogP contribution in [0.15, 0.2) is 24.3 Å². The lowest BCUT2D eigenvalue weighted by Gasteiger charge is -2.35. The molecule has 1 aliphatic heterocycles. The molecule has 0 radical (unpaired) electrons. The smallest absolute Gasteiger partial charge is 0.334 e. The lowest BCUT2D eigenvalue weighted by atomic mass is 10.1. The second kappa shape index (κ2) is 6.60. The average molecular weight is 332 g/mol. The first kappa shape index (κ1) is 16.4. The van der Waals surface area contributed by atoms with Crippen LogP contribution in [0.25, 0.3) is 0 Å². The molecule has 24 heavy (non-hydrogen) atoms. The largest absolute Gasteiger partial charge is 0.479 e. The Morgan fingerprint density at radius 2 is 1.83 bits per heavy atom. The molecular weight excluding hydrogens is 312 g/mol. The number of hydrogen-bond acceptors (Lipinski definition) is 4. The number of carboxylic acids is 1. The molecule has 2 N–H and O–H groups in total. The second-order valence-electron chi connectivity index (χ2n) is 6.32. The highest BCUT2D eigenvalue weighted by Crippen LogP contribution is 2.30. The van der Waals surface area contributed by atoms with Crippen LogP contribution in [0.1, 0.15) is 30.1 Å². The van der Waals surface area contributed by atoms with Gasteiger partial charge in [0, 0.05) is 23.7 Å². The van der Waals surface area contributed by atoms with Crippen LogP contribution in [-0.2, 0) is 14.3 Å². The average Bonchev–Trinajstić information content (AvgIpc) is 3.39. The molecule has 0 spiro atoms. The summed E-state index contributed by atoms with van der Waals surface area (Å²) in [6, 6.07) is 6.65. The van der Waals surface area contributed by atoms with Crippen molar-refractivity contribution < 1.29 is 24.2 Å². The van der Waals surface area contributed by atoms with Crippen molar-refractivity contribution in [2.75, 3.05) is 18.4 Å². The van der Waals surface area contributed by atoms with E-state index in [2.05, 4.69) is 5.32 Å². The predicted molar refractivity (Wildman–Crippen MR) is 85.7 cm³/mol. The Morgan fingerprint density at radius 3 is 2.42 bits per heavy atom. The molecular formula is C17H20N2O5. The quantitative estimate of drug-likeness (QED) is 0.868. The van der Waals surface area contributed by atoms with Gasteiger partial charge in [0.25, 0.3) is 5.91 Å². The third kappa shape index (κ3) is 3.73. The molecule has 1 heterocycles. The van der Waals surface area contributed by atoms with Gasteiger partial charge in [0.05, 0.1) is 12.6 Å². The Labute approximate surface area is 139 Å². The fraction of sp³-hybridized carbons (Fsp3) is 0.471. The third-order valence-electron chi connectivity index (χ3n) is 4.17. The summed E-state index contributed by atoms with van der Waals surface area (Å²) in [6.07, 6.45) is 0.528. The van der Waals surface area contributed by atoms with Gasteiger partial charge < -0.3 is 20.1 Å². The Bertz CT molecular complexity index is 653. The van der Waals surface area contributed by atoms with Gasteiger partial charge in [-0.15, -0.1) is 0 Å². The second-order valence-corrected chi connectivity index (χ2v) is 6.32. The van der Waals surface area contributed by atoms with Gasteiger partial charge in [-0.1, -0.05) is 0 Å². The topological polar surface area (TPSA) is 95.9 Å². The van der Waals surface area contributed by atoms with E-state index in [9.17, 15) is 14.4 Å². The number of nitrogens with one attached hydrogen (secondary N) is 1. The number of carbonyl (C=O) groups is 3. The summed E-state index contributed by atoms with van der Waals surface area (Å²) in [6.45, 7) is 2.12. The first-order chi connectivity index (χ1) is 11.4. The lowest BCUT2D eigenvalue weighted by Crippen LogP contribution is -2.51. The summed E-state index contributed by atoms with van der Waals surface area (Å²) < 4.78 is 5.31. The van der Waals surface area contributed by atoms with Crippen LogP contribution >= 0.6 is 0 Å². The predicted octanol–water partition coefficient (Wildman–Crippen LogP) is 1.35. The van der Waals surface area contributed by atoms with Gasteiger partial charge in [-0.3, -0.25) is 9.59 Å². The van der Waals surface area contributed by atoms with Gasteiger partial charge in [-0.2, -0.15) is 0 Å². The van der Waals surface area contributed by atoms with E-state index < -0.39 is 12.1 Å². The van der Waals surface area contributed by atoms with Crippen molar-refractivity contribution in [3.05, 3.63) is 29.8 Å². The van der Waals surface area contributed by atoms with Crippen LogP contribution in [0.4, 0.5) is 5.69 Å². The van der Waals surface area contributed by atoms with Crippen molar-refractivity contribution in [2.45, 2.75) is 32.0 Å². The first-order valence-electron chi connectivity index (χ1n) is 8.02. The minimum absolute atomic E-state index is 0.0142. The molecule has 1 unspecified atom stereocenters. The maximum absolute atomic E-state index is 12.6. The normalized spacial score (nSPS) is 23.6. The van der Waals surface area contributed by atoms with Crippen molar-refractivity contribution in [2.24, 2.45) is 5.92 Å². The summed E-state index contributed by atoms with van der Waals surface area (Å²) in [5.41, 5.74) is 1.11. The van der Waals surface area contributed by atoms with Crippen LogP contribution in [0.5, 0.6) is 0 Å². The van der Waals surface area contributed by atoms with Crippen LogP contribution < -0.4 is 5.32 Å². The Hall–Kier alpha value is -2.41. The van der Waals surface area contributed by atoms with Crippen LogP contribution in [0.3, 0.4) is 0 Å². The van der Waals surface area contributed by atoms with Gasteiger partial charge >= 0.3 is 5.97 Å². The van der Waals surface area contributed by atoms with E-state index >= 15 is 0 Å². The zero-order valence-electron chi connectivity index (χ0n) is 13.4. The summed E-state index contributed by atoms with van der Waals surface area (Å²) in [5.74, 6) is -1.18. The van der Waals surface area contributed by atoms with Crippen LogP contribution in [-0.4, -0.2) is 53.1 Å². The zero-order chi connectivity index (χ0) is 17.3. The molecule has 0 bridgehead atoms. The van der Waals surface area contributed by atoms with Gasteiger partial charge in [-0.25, -0.2) is 4.79 Å². The fourth-order valence-electron chi connectivity index (χ4n) is 2.72. The van der Waals surface area contributed by atoms with Crippen molar-refractivity contribution in [3.63, 3.8) is 0 Å². The molecule has 0 aromatic heterocycles. The van der Waals surface area contributed by atoms with Crippen molar-refractivity contribution in [3.8, 4) is 0 Å². The Balaban J connectivity index is 1.65. The molecule has 1 saturated heterocycles. The van der Waals surface area contributed by atoms with E-state index in [1.165, 1.54) is 4.90 Å². The molecule has 1 aliphatic carbocycles. The molecule has 2 aliphatic rings. The third-order valence-corrected chi connectivity index (χ3v) is 4.17. The van der Waals surface area contributed by atoms with Crippen LogP contribution in [0, 0.1) is 5.92 Å². The highest BCUT2D eigenvalue weighted by molar-refractivity contribution is 5.97. The number of nitrogens with zero attached hydrogens (tertiary/aromatic N) is 1. The molecule has 3 rings (SSSR count). The first-order valence-corrected chi connectivity index (χ1v) is 8.02. The van der Waals surface area contributed by atoms with Crippen molar-refractivity contribution >= 4 is 23.5 Å². The number of hydrogen-bond donors (Lipinski definition) is 2. The van der Waals surface area contributed by atoms with Crippen molar-refractivity contribution in [1.29, 1.82) is 0 Å². The van der Waals surface area contributed by atoms with E-state index in [0.717, 1.165) is 12.8 Å². The van der Waals surface area contributed by atoms with Gasteiger partial charge in [0.2, 0.25) is 5.91 Å². The van der Waals surface area contributed by atoms with E-state index in [4.69, 9.17) is 9.84 Å². The molecule has 2 amide bonds. The minimum Gasteiger partial charge on any atom is -0.479 e. The number of carboxylic acid groups (broad SMARTS) is 1. The molecule has 128 valence electrons. The number of anilines is 1. The molecule has 1 aromatic rings. The molecule has 1 aromatic carbocycles. The minimum atomic E-state index is -1.07. The number of morpholine rings is 1. The van der Waals surface area contributed by atoms with Gasteiger partial charge in [0.15, 0.2) is 6.10 Å². The highest BCUT2D eigenvalue weighted by Gasteiger charge is 2.33. The number of benzene rings is 1. The molecule has 2 fully saturated rings. The van der Waals surface area contributed by atoms with E-state index in [0.29, 0.717) is 17.8 Å². The fourth-order valence-corrected chi connectivity index (χ4v) is 2.72. The number of aliphatic carboxylic acids is 1. The molecule has 7 nitrogen and oxygen atoms in total. The maximum Gasteiger partial charge on any atom is 0.334 e. The monoisotopic (exact) mass is 332 g/mol. The summed E-state index contributed by atoms with van der Waals surface area (Å²) in [5, 5.41) is 11.9.